The lowest BCUT2D eigenvalue weighted by Gasteiger charge is -2.40. The first-order valence-electron chi connectivity index (χ1n) is 6.83. The molecule has 110 valence electrons. The smallest absolute Gasteiger partial charge is 0.257 e. The molecule has 1 saturated heterocycles. The van der Waals surface area contributed by atoms with Crippen LogP contribution in [0.25, 0.3) is 0 Å². The predicted octanol–water partition coefficient (Wildman–Crippen LogP) is 1.80. The van der Waals surface area contributed by atoms with Gasteiger partial charge in [-0.25, -0.2) is 4.98 Å². The van der Waals surface area contributed by atoms with Crippen molar-refractivity contribution in [1.82, 2.24) is 14.9 Å². The number of aromatic amines is 1. The van der Waals surface area contributed by atoms with Gasteiger partial charge >= 0.3 is 0 Å². The Morgan fingerprint density at radius 3 is 2.90 bits per heavy atom. The zero-order valence-corrected chi connectivity index (χ0v) is 12.1. The first-order valence-corrected chi connectivity index (χ1v) is 7.21. The maximum Gasteiger partial charge on any atom is 0.257 e. The molecule has 2 heterocycles. The maximum atomic E-state index is 12.1. The third-order valence-corrected chi connectivity index (χ3v) is 4.15. The summed E-state index contributed by atoms with van der Waals surface area (Å²) in [6, 6.07) is 7.75. The summed E-state index contributed by atoms with van der Waals surface area (Å²) in [5.74, 6) is 0.109. The Bertz CT molecular complexity index is 624. The number of H-pyrrole nitrogens is 1. The zero-order chi connectivity index (χ0) is 14.8. The topological polar surface area (TPSA) is 69.2 Å². The summed E-state index contributed by atoms with van der Waals surface area (Å²) < 4.78 is 0. The average Bonchev–Trinajstić information content (AvgIpc) is 2.96. The van der Waals surface area contributed by atoms with Crippen molar-refractivity contribution in [1.29, 1.82) is 0 Å². The predicted molar refractivity (Wildman–Crippen MR) is 78.8 cm³/mol. The Kier molecular flexibility index (Phi) is 3.94. The van der Waals surface area contributed by atoms with E-state index in [1.54, 1.807) is 4.90 Å². The molecule has 2 N–H and O–H groups in total. The van der Waals surface area contributed by atoms with Crippen LogP contribution in [0.2, 0.25) is 5.02 Å². The van der Waals surface area contributed by atoms with Crippen molar-refractivity contribution in [3.63, 3.8) is 0 Å². The Balaban J connectivity index is 1.54. The standard InChI is InChI=1S/C15H16ClN3O2/c16-12-4-2-1-3-11(12)5-10-7-19(8-10)15(21)14(20)13-6-17-9-18-13/h1-4,6,9-10,14,20H,5,7-8H2,(H,17,18). The van der Waals surface area contributed by atoms with Crippen LogP contribution in [0.1, 0.15) is 17.4 Å². The fourth-order valence-electron chi connectivity index (χ4n) is 2.58. The third-order valence-electron chi connectivity index (χ3n) is 3.78. The van der Waals surface area contributed by atoms with Gasteiger partial charge in [0.15, 0.2) is 6.10 Å². The Morgan fingerprint density at radius 1 is 1.48 bits per heavy atom. The van der Waals surface area contributed by atoms with E-state index < -0.39 is 6.10 Å². The van der Waals surface area contributed by atoms with Crippen LogP contribution in [0.4, 0.5) is 0 Å². The van der Waals surface area contributed by atoms with E-state index in [2.05, 4.69) is 9.97 Å². The molecule has 0 radical (unpaired) electrons. The van der Waals surface area contributed by atoms with Crippen molar-refractivity contribution in [2.45, 2.75) is 12.5 Å². The Hall–Kier alpha value is -1.85. The minimum atomic E-state index is -1.16. The van der Waals surface area contributed by atoms with Crippen molar-refractivity contribution >= 4 is 17.5 Å². The van der Waals surface area contributed by atoms with Gasteiger partial charge in [-0.3, -0.25) is 4.79 Å². The highest BCUT2D eigenvalue weighted by atomic mass is 35.5. The van der Waals surface area contributed by atoms with Crippen molar-refractivity contribution in [2.24, 2.45) is 5.92 Å². The summed E-state index contributed by atoms with van der Waals surface area (Å²) in [5.41, 5.74) is 1.53. The third kappa shape index (κ3) is 2.94. The number of aliphatic hydroxyl groups is 1. The van der Waals surface area contributed by atoms with Gasteiger partial charge in [0.2, 0.25) is 0 Å². The summed E-state index contributed by atoms with van der Waals surface area (Å²) in [4.78, 5) is 20.3. The van der Waals surface area contributed by atoms with Crippen LogP contribution in [0, 0.1) is 5.92 Å². The molecule has 0 bridgehead atoms. The second kappa shape index (κ2) is 5.87. The molecule has 0 saturated carbocycles. The van der Waals surface area contributed by atoms with Gasteiger partial charge in [-0.2, -0.15) is 0 Å². The Morgan fingerprint density at radius 2 is 2.24 bits per heavy atom. The number of benzene rings is 1. The van der Waals surface area contributed by atoms with Gasteiger partial charge in [-0.15, -0.1) is 0 Å². The zero-order valence-electron chi connectivity index (χ0n) is 11.4. The van der Waals surface area contributed by atoms with Gasteiger partial charge in [-0.1, -0.05) is 29.8 Å². The monoisotopic (exact) mass is 305 g/mol. The number of halogens is 1. The highest BCUT2D eigenvalue weighted by Gasteiger charge is 2.34. The average molecular weight is 306 g/mol. The van der Waals surface area contributed by atoms with Crippen molar-refractivity contribution in [3.8, 4) is 0 Å². The second-order valence-corrected chi connectivity index (χ2v) is 5.72. The molecule has 1 aromatic carbocycles. The first-order chi connectivity index (χ1) is 10.1. The summed E-state index contributed by atoms with van der Waals surface area (Å²) in [5, 5.41) is 10.7. The number of hydrogen-bond acceptors (Lipinski definition) is 3. The van der Waals surface area contributed by atoms with Gasteiger partial charge in [-0.05, 0) is 24.0 Å². The highest BCUT2D eigenvalue weighted by molar-refractivity contribution is 6.31. The van der Waals surface area contributed by atoms with E-state index in [0.717, 1.165) is 17.0 Å². The quantitative estimate of drug-likeness (QED) is 0.905. The second-order valence-electron chi connectivity index (χ2n) is 5.31. The summed E-state index contributed by atoms with van der Waals surface area (Å²) in [7, 11) is 0. The molecular weight excluding hydrogens is 290 g/mol. The van der Waals surface area contributed by atoms with Crippen LogP contribution >= 0.6 is 11.6 Å². The highest BCUT2D eigenvalue weighted by Crippen LogP contribution is 2.26. The molecule has 0 spiro atoms. The molecule has 3 rings (SSSR count). The number of carbonyl (C=O) groups is 1. The summed E-state index contributed by atoms with van der Waals surface area (Å²) in [6.07, 6.45) is 2.60. The molecule has 1 fully saturated rings. The Labute approximate surface area is 127 Å². The number of hydrogen-bond donors (Lipinski definition) is 2. The number of imidazole rings is 1. The van der Waals surface area contributed by atoms with Crippen LogP contribution in [-0.4, -0.2) is 39.0 Å². The van der Waals surface area contributed by atoms with Crippen LogP contribution < -0.4 is 0 Å². The van der Waals surface area contributed by atoms with E-state index in [9.17, 15) is 9.90 Å². The summed E-state index contributed by atoms with van der Waals surface area (Å²) >= 11 is 6.13. The molecule has 1 atom stereocenters. The minimum Gasteiger partial charge on any atom is -0.377 e. The van der Waals surface area contributed by atoms with Crippen LogP contribution in [0.5, 0.6) is 0 Å². The fourth-order valence-corrected chi connectivity index (χ4v) is 2.79. The molecule has 1 unspecified atom stereocenters. The van der Waals surface area contributed by atoms with E-state index >= 15 is 0 Å². The number of nitrogens with one attached hydrogen (secondary N) is 1. The maximum absolute atomic E-state index is 12.1. The number of aromatic nitrogens is 2. The van der Waals surface area contributed by atoms with Crippen LogP contribution in [-0.2, 0) is 11.2 Å². The lowest BCUT2D eigenvalue weighted by molar-refractivity contribution is -0.147. The normalized spacial score (nSPS) is 16.6. The van der Waals surface area contributed by atoms with E-state index in [0.29, 0.717) is 24.7 Å². The van der Waals surface area contributed by atoms with E-state index in [1.165, 1.54) is 12.5 Å². The molecule has 21 heavy (non-hydrogen) atoms. The van der Waals surface area contributed by atoms with Gasteiger partial charge in [0, 0.05) is 18.1 Å². The van der Waals surface area contributed by atoms with Crippen LogP contribution in [0.3, 0.4) is 0 Å². The number of nitrogens with zero attached hydrogens (tertiary/aromatic N) is 2. The minimum absolute atomic E-state index is 0.283. The van der Waals surface area contributed by atoms with Gasteiger partial charge < -0.3 is 15.0 Å². The largest absolute Gasteiger partial charge is 0.377 e. The molecule has 1 aliphatic rings. The molecule has 6 heteroatoms. The van der Waals surface area contributed by atoms with E-state index in [1.807, 2.05) is 24.3 Å². The molecule has 1 amide bonds. The lowest BCUT2D eigenvalue weighted by Crippen LogP contribution is -2.52. The summed E-state index contributed by atoms with van der Waals surface area (Å²) in [6.45, 7) is 1.30. The first kappa shape index (κ1) is 14.1. The number of likely N-dealkylation sites (tertiary alicyclic amines) is 1. The number of carbonyl (C=O) groups excluding carboxylic acids is 1. The SMILES string of the molecule is O=C(C(O)c1cnc[nH]1)N1CC(Cc2ccccc2Cl)C1. The van der Waals surface area contributed by atoms with Crippen LogP contribution in [0.15, 0.2) is 36.8 Å². The van der Waals surface area contributed by atoms with E-state index in [4.69, 9.17) is 11.6 Å². The van der Waals surface area contributed by atoms with Crippen molar-refractivity contribution in [3.05, 3.63) is 53.1 Å². The van der Waals surface area contributed by atoms with Gasteiger partial charge in [0.25, 0.3) is 5.91 Å². The van der Waals surface area contributed by atoms with Crippen molar-refractivity contribution < 1.29 is 9.90 Å². The lowest BCUT2D eigenvalue weighted by atomic mass is 9.91. The number of rotatable bonds is 4. The molecule has 0 aliphatic carbocycles. The van der Waals surface area contributed by atoms with E-state index in [-0.39, 0.29) is 5.91 Å². The molecular formula is C15H16ClN3O2. The molecule has 2 aromatic rings. The number of aliphatic hydroxyl groups excluding tert-OH is 1. The van der Waals surface area contributed by atoms with Gasteiger partial charge in [0.1, 0.15) is 0 Å². The molecule has 1 aliphatic heterocycles. The fraction of sp³-hybridized carbons (Fsp3) is 0.333. The van der Waals surface area contributed by atoms with Crippen molar-refractivity contribution in [2.75, 3.05) is 13.1 Å². The molecule has 1 aromatic heterocycles. The number of amides is 1. The molecule has 5 nitrogen and oxygen atoms in total. The van der Waals surface area contributed by atoms with Gasteiger partial charge in [0.05, 0.1) is 18.2 Å².